The van der Waals surface area contributed by atoms with Crippen LogP contribution in [0, 0.1) is 0 Å². The maximum atomic E-state index is 12.3. The van der Waals surface area contributed by atoms with Crippen molar-refractivity contribution in [3.05, 3.63) is 65.2 Å². The number of hydrogen-bond acceptors (Lipinski definition) is 4. The van der Waals surface area contributed by atoms with E-state index in [-0.39, 0.29) is 21.6 Å². The Morgan fingerprint density at radius 2 is 1.38 bits per heavy atom. The zero-order valence-corrected chi connectivity index (χ0v) is 11.4. The van der Waals surface area contributed by atoms with E-state index in [0.29, 0.717) is 0 Å². The van der Waals surface area contributed by atoms with Gasteiger partial charge in [-0.2, -0.15) is 8.42 Å². The van der Waals surface area contributed by atoms with Gasteiger partial charge in [0.1, 0.15) is 0 Å². The third kappa shape index (κ3) is 3.15. The lowest BCUT2D eigenvalue weighted by Crippen LogP contribution is -2.09. The molecule has 2 N–H and O–H groups in total. The number of ketones is 1. The Balaban J connectivity index is 2.44. The van der Waals surface area contributed by atoms with Gasteiger partial charge >= 0.3 is 5.97 Å². The van der Waals surface area contributed by atoms with E-state index in [1.165, 1.54) is 36.4 Å². The molecule has 7 heteroatoms. The predicted octanol–water partition coefficient (Wildman–Crippen LogP) is 1.86. The summed E-state index contributed by atoms with van der Waals surface area (Å²) in [5, 5.41) is 9.05. The SMILES string of the molecule is O=C(O)c1ccccc1C(=O)c1ccc(S(=O)(=O)O)cc1. The minimum Gasteiger partial charge on any atom is -0.478 e. The lowest BCUT2D eigenvalue weighted by molar-refractivity contribution is 0.0692. The summed E-state index contributed by atoms with van der Waals surface area (Å²) >= 11 is 0. The number of carbonyl (C=O) groups is 2. The first kappa shape index (κ1) is 14.9. The molecule has 0 aliphatic heterocycles. The average molecular weight is 306 g/mol. The van der Waals surface area contributed by atoms with Crippen molar-refractivity contribution in [1.29, 1.82) is 0 Å². The van der Waals surface area contributed by atoms with Crippen molar-refractivity contribution >= 4 is 21.9 Å². The maximum Gasteiger partial charge on any atom is 0.336 e. The van der Waals surface area contributed by atoms with E-state index in [2.05, 4.69) is 0 Å². The van der Waals surface area contributed by atoms with Crippen molar-refractivity contribution in [3.63, 3.8) is 0 Å². The van der Waals surface area contributed by atoms with Gasteiger partial charge < -0.3 is 5.11 Å². The average Bonchev–Trinajstić information content (AvgIpc) is 2.45. The number of carbonyl (C=O) groups excluding carboxylic acids is 1. The van der Waals surface area contributed by atoms with Crippen molar-refractivity contribution in [2.45, 2.75) is 4.90 Å². The summed E-state index contributed by atoms with van der Waals surface area (Å²) < 4.78 is 30.7. The first-order chi connectivity index (χ1) is 9.80. The second-order valence-electron chi connectivity index (χ2n) is 4.18. The Morgan fingerprint density at radius 3 is 1.86 bits per heavy atom. The molecule has 0 spiro atoms. The fraction of sp³-hybridized carbons (Fsp3) is 0. The van der Waals surface area contributed by atoms with Crippen LogP contribution in [0.15, 0.2) is 53.4 Å². The van der Waals surface area contributed by atoms with E-state index in [9.17, 15) is 18.0 Å². The quantitative estimate of drug-likeness (QED) is 0.659. The van der Waals surface area contributed by atoms with Crippen molar-refractivity contribution in [1.82, 2.24) is 0 Å². The molecule has 0 aromatic heterocycles. The molecule has 2 rings (SSSR count). The van der Waals surface area contributed by atoms with Crippen LogP contribution in [-0.4, -0.2) is 29.8 Å². The minimum absolute atomic E-state index is 0.00426. The van der Waals surface area contributed by atoms with Crippen LogP contribution in [0.3, 0.4) is 0 Å². The van der Waals surface area contributed by atoms with Gasteiger partial charge in [-0.25, -0.2) is 4.79 Å². The number of aromatic carboxylic acids is 1. The summed E-state index contributed by atoms with van der Waals surface area (Å²) in [6, 6.07) is 10.3. The van der Waals surface area contributed by atoms with Crippen LogP contribution < -0.4 is 0 Å². The lowest BCUT2D eigenvalue weighted by Gasteiger charge is -2.05. The Morgan fingerprint density at radius 1 is 0.857 bits per heavy atom. The summed E-state index contributed by atoms with van der Waals surface area (Å²) in [5.74, 6) is -1.77. The van der Waals surface area contributed by atoms with Gasteiger partial charge in [0.15, 0.2) is 5.78 Å². The second kappa shape index (κ2) is 5.47. The molecule has 0 unspecified atom stereocenters. The predicted molar refractivity (Wildman–Crippen MR) is 73.1 cm³/mol. The summed E-state index contributed by atoms with van der Waals surface area (Å²) in [6.07, 6.45) is 0. The summed E-state index contributed by atoms with van der Waals surface area (Å²) in [5.41, 5.74) is -0.0120. The topological polar surface area (TPSA) is 109 Å². The van der Waals surface area contributed by atoms with Crippen LogP contribution in [0.5, 0.6) is 0 Å². The molecule has 0 aliphatic rings. The first-order valence-electron chi connectivity index (χ1n) is 5.75. The first-order valence-corrected chi connectivity index (χ1v) is 7.19. The standard InChI is InChI=1S/C14H10O6S/c15-13(11-3-1-2-4-12(11)14(16)17)9-5-7-10(8-6-9)21(18,19)20/h1-8H,(H,16,17)(H,18,19,20). The molecule has 0 saturated heterocycles. The number of benzene rings is 2. The maximum absolute atomic E-state index is 12.3. The highest BCUT2D eigenvalue weighted by atomic mass is 32.2. The molecular weight excluding hydrogens is 296 g/mol. The highest BCUT2D eigenvalue weighted by Crippen LogP contribution is 2.17. The molecule has 0 saturated carbocycles. The number of rotatable bonds is 4. The van der Waals surface area contributed by atoms with E-state index in [4.69, 9.17) is 9.66 Å². The zero-order chi connectivity index (χ0) is 15.6. The number of carboxylic acid groups (broad SMARTS) is 1. The molecule has 0 atom stereocenters. The molecule has 0 aliphatic carbocycles. The molecule has 2 aromatic rings. The van der Waals surface area contributed by atoms with E-state index < -0.39 is 21.9 Å². The van der Waals surface area contributed by atoms with E-state index in [1.54, 1.807) is 0 Å². The largest absolute Gasteiger partial charge is 0.478 e. The van der Waals surface area contributed by atoms with E-state index in [1.807, 2.05) is 0 Å². The molecule has 6 nitrogen and oxygen atoms in total. The smallest absolute Gasteiger partial charge is 0.336 e. The summed E-state index contributed by atoms with van der Waals surface area (Å²) in [6.45, 7) is 0. The highest BCUT2D eigenvalue weighted by Gasteiger charge is 2.18. The molecule has 108 valence electrons. The van der Waals surface area contributed by atoms with Crippen LogP contribution >= 0.6 is 0 Å². The Labute approximate surface area is 120 Å². The monoisotopic (exact) mass is 306 g/mol. The van der Waals surface area contributed by atoms with Gasteiger partial charge in [-0.05, 0) is 30.3 Å². The fourth-order valence-electron chi connectivity index (χ4n) is 1.80. The fourth-order valence-corrected chi connectivity index (χ4v) is 2.28. The molecule has 0 bridgehead atoms. The Bertz CT molecular complexity index is 806. The van der Waals surface area contributed by atoms with Gasteiger partial charge in [0.05, 0.1) is 10.5 Å². The summed E-state index contributed by atoms with van der Waals surface area (Å²) in [7, 11) is -4.34. The minimum atomic E-state index is -4.34. The van der Waals surface area contributed by atoms with Crippen molar-refractivity contribution in [2.75, 3.05) is 0 Å². The van der Waals surface area contributed by atoms with Gasteiger partial charge in [-0.1, -0.05) is 18.2 Å². The Kier molecular flexibility index (Phi) is 3.88. The van der Waals surface area contributed by atoms with Gasteiger partial charge in [-0.3, -0.25) is 9.35 Å². The Hall–Kier alpha value is -2.51. The molecule has 21 heavy (non-hydrogen) atoms. The van der Waals surface area contributed by atoms with Crippen molar-refractivity contribution in [3.8, 4) is 0 Å². The third-order valence-corrected chi connectivity index (χ3v) is 3.68. The second-order valence-corrected chi connectivity index (χ2v) is 5.60. The molecule has 0 heterocycles. The van der Waals surface area contributed by atoms with Crippen LogP contribution in [0.25, 0.3) is 0 Å². The molecule has 0 amide bonds. The van der Waals surface area contributed by atoms with Gasteiger partial charge in [0.25, 0.3) is 10.1 Å². The van der Waals surface area contributed by atoms with E-state index in [0.717, 1.165) is 12.1 Å². The van der Waals surface area contributed by atoms with Crippen LogP contribution in [-0.2, 0) is 10.1 Å². The zero-order valence-electron chi connectivity index (χ0n) is 10.6. The van der Waals surface area contributed by atoms with Crippen LogP contribution in [0.2, 0.25) is 0 Å². The van der Waals surface area contributed by atoms with Crippen LogP contribution in [0.1, 0.15) is 26.3 Å². The van der Waals surface area contributed by atoms with Crippen LogP contribution in [0.4, 0.5) is 0 Å². The highest BCUT2D eigenvalue weighted by molar-refractivity contribution is 7.85. The van der Waals surface area contributed by atoms with Crippen molar-refractivity contribution in [2.24, 2.45) is 0 Å². The van der Waals surface area contributed by atoms with E-state index >= 15 is 0 Å². The lowest BCUT2D eigenvalue weighted by atomic mass is 9.98. The van der Waals surface area contributed by atoms with Gasteiger partial charge in [0.2, 0.25) is 0 Å². The number of hydrogen-bond donors (Lipinski definition) is 2. The molecule has 0 radical (unpaired) electrons. The van der Waals surface area contributed by atoms with Crippen molar-refractivity contribution < 1.29 is 27.7 Å². The van der Waals surface area contributed by atoms with Gasteiger partial charge in [-0.15, -0.1) is 0 Å². The summed E-state index contributed by atoms with van der Waals surface area (Å²) in [4.78, 5) is 23.0. The molecular formula is C14H10O6S. The molecule has 0 fully saturated rings. The third-order valence-electron chi connectivity index (χ3n) is 2.82. The number of carboxylic acids is 1. The molecule has 2 aromatic carbocycles. The van der Waals surface area contributed by atoms with Gasteiger partial charge in [0, 0.05) is 11.1 Å². The normalized spacial score (nSPS) is 11.1.